The molecule has 0 aromatic heterocycles. The molecule has 0 rings (SSSR count). The van der Waals surface area contributed by atoms with Crippen molar-refractivity contribution in [3.05, 3.63) is 0 Å². The quantitative estimate of drug-likeness (QED) is 0.0317. The minimum absolute atomic E-state index is 0.145. The van der Waals surface area contributed by atoms with E-state index in [-0.39, 0.29) is 59.5 Å². The molecule has 0 radical (unpaired) electrons. The predicted molar refractivity (Wildman–Crippen MR) is 329 cm³/mol. The molecule has 0 bridgehead atoms. The molecule has 0 aliphatic carbocycles. The first-order chi connectivity index (χ1) is 41.6. The summed E-state index contributed by atoms with van der Waals surface area (Å²) in [5, 5.41) is 0. The number of rotatable bonds is 72. The smallest absolute Gasteiger partial charge is 0.105 e. The summed E-state index contributed by atoms with van der Waals surface area (Å²) in [6.45, 7) is 39.2. The molecular formula is C64H130O21. The number of hydrogen-bond acceptors (Lipinski definition) is 21. The first kappa shape index (κ1) is 84.2. The Balaban J connectivity index is 7.36. The van der Waals surface area contributed by atoms with Gasteiger partial charge in [-0.05, 0) is 77.0 Å². The van der Waals surface area contributed by atoms with Crippen molar-refractivity contribution in [2.75, 3.05) is 225 Å². The molecule has 85 heavy (non-hydrogen) atoms. The summed E-state index contributed by atoms with van der Waals surface area (Å²) in [6, 6.07) is 0. The Bertz CT molecular complexity index is 1250. The van der Waals surface area contributed by atoms with Gasteiger partial charge in [0.05, 0.1) is 192 Å². The fourth-order valence-electron chi connectivity index (χ4n) is 8.07. The third kappa shape index (κ3) is 46.0. The van der Waals surface area contributed by atoms with Crippen LogP contribution >= 0.6 is 0 Å². The molecule has 0 spiro atoms. The highest BCUT2D eigenvalue weighted by Crippen LogP contribution is 2.29. The van der Waals surface area contributed by atoms with E-state index in [0.717, 1.165) is 64.2 Å². The van der Waals surface area contributed by atoms with Crippen LogP contribution in [0.1, 0.15) is 160 Å². The van der Waals surface area contributed by atoms with Crippen molar-refractivity contribution in [3.8, 4) is 0 Å². The highest BCUT2D eigenvalue weighted by Gasteiger charge is 2.36. The summed E-state index contributed by atoms with van der Waals surface area (Å²) < 4.78 is 94.4. The third-order valence-electron chi connectivity index (χ3n) is 14.1. The Labute approximate surface area is 517 Å². The van der Waals surface area contributed by atoms with Crippen LogP contribution in [0.15, 0.2) is 0 Å². The van der Waals surface area contributed by atoms with Crippen LogP contribution in [0.4, 0.5) is 0 Å². The molecule has 0 heterocycles. The molecule has 2 atom stereocenters. The van der Waals surface area contributed by atoms with E-state index in [1.165, 1.54) is 0 Å². The van der Waals surface area contributed by atoms with Gasteiger partial charge in [-0.2, -0.15) is 0 Å². The van der Waals surface area contributed by atoms with E-state index in [1.54, 1.807) is 0 Å². The zero-order valence-electron chi connectivity index (χ0n) is 56.3. The molecule has 21 nitrogen and oxygen atoms in total. The first-order valence-corrected chi connectivity index (χ1v) is 33.1. The van der Waals surface area contributed by atoms with Gasteiger partial charge in [0.15, 0.2) is 0 Å². The minimum atomic E-state index is -0.612. The zero-order chi connectivity index (χ0) is 62.5. The van der Waals surface area contributed by atoms with Crippen LogP contribution in [0.2, 0.25) is 0 Å². The average Bonchev–Trinajstić information content (AvgIpc) is 3.65. The minimum Gasteiger partial charge on any atom is -0.379 e. The lowest BCUT2D eigenvalue weighted by Gasteiger charge is -2.35. The van der Waals surface area contributed by atoms with Crippen molar-refractivity contribution in [1.29, 1.82) is 0 Å². The maximum Gasteiger partial charge on any atom is 0.105 e. The van der Waals surface area contributed by atoms with Gasteiger partial charge in [0.1, 0.15) is 12.2 Å². The van der Waals surface area contributed by atoms with Gasteiger partial charge in [-0.25, -0.2) is 29.3 Å². The van der Waals surface area contributed by atoms with Crippen LogP contribution < -0.4 is 0 Å². The number of hydrogen-bond donors (Lipinski definition) is 0. The summed E-state index contributed by atoms with van der Waals surface area (Å²) in [7, 11) is 0. The van der Waals surface area contributed by atoms with Crippen molar-refractivity contribution in [3.63, 3.8) is 0 Å². The molecule has 0 aromatic carbocycles. The van der Waals surface area contributed by atoms with E-state index < -0.39 is 33.9 Å². The molecule has 512 valence electrons. The van der Waals surface area contributed by atoms with Crippen molar-refractivity contribution >= 4 is 0 Å². The molecule has 0 aromatic rings. The predicted octanol–water partition coefficient (Wildman–Crippen LogP) is 10.7. The van der Waals surface area contributed by atoms with Gasteiger partial charge in [0.25, 0.3) is 0 Å². The van der Waals surface area contributed by atoms with Gasteiger partial charge in [-0.1, -0.05) is 83.1 Å². The Hall–Kier alpha value is -0.840. The van der Waals surface area contributed by atoms with Gasteiger partial charge < -0.3 is 71.1 Å². The highest BCUT2D eigenvalue weighted by molar-refractivity contribution is 4.82. The standard InChI is InChI=1S/C64H130O21/c1-13-25-65-33-38-70-47-61(21-9,48-71-39-34-66-26-14-2)52-75-43-59(44-76-53-62(22-10,49-72-40-35-67-27-15-3)50-73-41-36-68-28-16-4)85-60(46-78-55-64(24-12,57-83-80-31-19-7)58-84-81-32-20-8)45-77-54-63(23-11,56-82-79-30-18-6)51-74-42-37-69-29-17-5/h59-60H,13-58H2,1-12H3. The van der Waals surface area contributed by atoms with E-state index >= 15 is 0 Å². The van der Waals surface area contributed by atoms with Gasteiger partial charge in [-0.15, -0.1) is 0 Å². The lowest BCUT2D eigenvalue weighted by atomic mass is 9.88. The molecule has 0 N–H and O–H groups in total. The second-order valence-electron chi connectivity index (χ2n) is 22.4. The molecule has 21 heteroatoms. The lowest BCUT2D eigenvalue weighted by Crippen LogP contribution is -2.43. The second-order valence-corrected chi connectivity index (χ2v) is 22.4. The fraction of sp³-hybridized carbons (Fsp3) is 1.00. The molecule has 0 amide bonds. The Morgan fingerprint density at radius 1 is 0.188 bits per heavy atom. The molecule has 2 unspecified atom stereocenters. The maximum absolute atomic E-state index is 7.16. The summed E-state index contributed by atoms with van der Waals surface area (Å²) >= 11 is 0. The van der Waals surface area contributed by atoms with Gasteiger partial charge in [-0.3, -0.25) is 0 Å². The molecule has 0 saturated carbocycles. The molecule has 0 aliphatic heterocycles. The van der Waals surface area contributed by atoms with Gasteiger partial charge in [0, 0.05) is 54.7 Å². The highest BCUT2D eigenvalue weighted by atomic mass is 17.2. The van der Waals surface area contributed by atoms with E-state index in [0.29, 0.717) is 178 Å². The Morgan fingerprint density at radius 2 is 0.376 bits per heavy atom. The van der Waals surface area contributed by atoms with Crippen LogP contribution in [0.5, 0.6) is 0 Å². The lowest BCUT2D eigenvalue weighted by molar-refractivity contribution is -0.345. The van der Waals surface area contributed by atoms with Gasteiger partial charge in [0.2, 0.25) is 0 Å². The van der Waals surface area contributed by atoms with Gasteiger partial charge >= 0.3 is 0 Å². The summed E-state index contributed by atoms with van der Waals surface area (Å²) in [5.41, 5.74) is -2.12. The summed E-state index contributed by atoms with van der Waals surface area (Å²) in [4.78, 5) is 34.0. The second kappa shape index (κ2) is 60.7. The first-order valence-electron chi connectivity index (χ1n) is 33.1. The number of ether oxygens (including phenoxy) is 15. The fourth-order valence-corrected chi connectivity index (χ4v) is 8.07. The van der Waals surface area contributed by atoms with Crippen molar-refractivity contribution in [1.82, 2.24) is 0 Å². The normalized spacial score (nSPS) is 13.7. The van der Waals surface area contributed by atoms with Crippen LogP contribution in [0.3, 0.4) is 0 Å². The van der Waals surface area contributed by atoms with Crippen molar-refractivity contribution in [2.24, 2.45) is 21.7 Å². The van der Waals surface area contributed by atoms with Crippen LogP contribution in [0.25, 0.3) is 0 Å². The molecule has 0 fully saturated rings. The Kier molecular flexibility index (Phi) is 60.1. The van der Waals surface area contributed by atoms with E-state index in [1.807, 2.05) is 20.8 Å². The third-order valence-corrected chi connectivity index (χ3v) is 14.1. The molecular weight excluding hydrogens is 1100 g/mol. The molecule has 0 aliphatic rings. The summed E-state index contributed by atoms with van der Waals surface area (Å²) in [5.74, 6) is 0. The van der Waals surface area contributed by atoms with Crippen LogP contribution in [-0.2, 0) is 100 Å². The monoisotopic (exact) mass is 1230 g/mol. The average molecular weight is 1240 g/mol. The van der Waals surface area contributed by atoms with Crippen molar-refractivity contribution in [2.45, 2.75) is 172 Å². The largest absolute Gasteiger partial charge is 0.379 e. The van der Waals surface area contributed by atoms with E-state index in [9.17, 15) is 0 Å². The summed E-state index contributed by atoms with van der Waals surface area (Å²) in [6.07, 6.45) is 8.74. The van der Waals surface area contributed by atoms with E-state index in [4.69, 9.17) is 100 Å². The zero-order valence-corrected chi connectivity index (χ0v) is 56.3. The van der Waals surface area contributed by atoms with Crippen LogP contribution in [0, 0.1) is 21.7 Å². The topological polar surface area (TPSA) is 194 Å². The van der Waals surface area contributed by atoms with Crippen LogP contribution in [-0.4, -0.2) is 237 Å². The maximum atomic E-state index is 7.16. The molecule has 0 saturated heterocycles. The SMILES string of the molecule is CCCOCCOCC(CC)(COCCOCCC)COCC(COCC(CC)(COCCOCCC)COCCOCCC)OC(COCC(CC)(COCCOCCC)COOCCC)COCC(CC)(COOCCC)COOCCC. The van der Waals surface area contributed by atoms with Crippen molar-refractivity contribution < 1.29 is 100 Å². The van der Waals surface area contributed by atoms with E-state index in [2.05, 4.69) is 62.3 Å². The Morgan fingerprint density at radius 3 is 0.588 bits per heavy atom.